The molecule has 0 amide bonds. The lowest BCUT2D eigenvalue weighted by Crippen LogP contribution is -2.45. The van der Waals surface area contributed by atoms with Crippen LogP contribution in [-0.2, 0) is 17.7 Å². The molecule has 2 unspecified atom stereocenters. The van der Waals surface area contributed by atoms with E-state index in [0.717, 1.165) is 49.1 Å². The third kappa shape index (κ3) is 5.92. The standard InChI is InChI=1S/C21H30N6O/c1-16-14-27(15-17(2)28-16)20-8-7-18(12-25-20)13-26-21(22-3)24-11-9-19-6-4-5-10-23-19/h4-8,10,12,16-17H,9,11,13-15H2,1-3H3,(H2,22,24,26). The highest BCUT2D eigenvalue weighted by Crippen LogP contribution is 2.18. The first kappa shape index (κ1) is 20.1. The maximum atomic E-state index is 5.80. The average molecular weight is 383 g/mol. The molecule has 3 heterocycles. The van der Waals surface area contributed by atoms with Gasteiger partial charge in [0.2, 0.25) is 0 Å². The van der Waals surface area contributed by atoms with Gasteiger partial charge in [0.15, 0.2) is 5.96 Å². The van der Waals surface area contributed by atoms with E-state index in [1.54, 1.807) is 7.05 Å². The number of anilines is 1. The van der Waals surface area contributed by atoms with Crippen molar-refractivity contribution >= 4 is 11.8 Å². The second-order valence-electron chi connectivity index (χ2n) is 7.11. The Morgan fingerprint density at radius 3 is 2.61 bits per heavy atom. The Balaban J connectivity index is 1.45. The molecular weight excluding hydrogens is 352 g/mol. The zero-order valence-electron chi connectivity index (χ0n) is 16.9. The fourth-order valence-corrected chi connectivity index (χ4v) is 3.33. The first-order chi connectivity index (χ1) is 13.6. The first-order valence-corrected chi connectivity index (χ1v) is 9.84. The lowest BCUT2D eigenvalue weighted by molar-refractivity contribution is -0.00545. The molecule has 2 aromatic heterocycles. The number of aliphatic imine (C=N–C) groups is 1. The van der Waals surface area contributed by atoms with Crippen molar-refractivity contribution in [1.29, 1.82) is 0 Å². The van der Waals surface area contributed by atoms with Gasteiger partial charge in [-0.2, -0.15) is 0 Å². The summed E-state index contributed by atoms with van der Waals surface area (Å²) in [7, 11) is 1.78. The van der Waals surface area contributed by atoms with Gasteiger partial charge in [-0.3, -0.25) is 9.98 Å². The monoisotopic (exact) mass is 382 g/mol. The molecule has 1 aliphatic heterocycles. The second-order valence-corrected chi connectivity index (χ2v) is 7.11. The van der Waals surface area contributed by atoms with Gasteiger partial charge in [0.05, 0.1) is 12.2 Å². The summed E-state index contributed by atoms with van der Waals surface area (Å²) in [6.07, 6.45) is 5.06. The van der Waals surface area contributed by atoms with Crippen LogP contribution in [-0.4, -0.2) is 54.8 Å². The largest absolute Gasteiger partial charge is 0.372 e. The van der Waals surface area contributed by atoms with Gasteiger partial charge in [-0.15, -0.1) is 0 Å². The SMILES string of the molecule is CN=C(NCCc1ccccn1)NCc1ccc(N2CC(C)OC(C)C2)nc1. The fraction of sp³-hybridized carbons (Fsp3) is 0.476. The average Bonchev–Trinajstić information content (AvgIpc) is 2.71. The zero-order chi connectivity index (χ0) is 19.8. The molecule has 2 N–H and O–H groups in total. The van der Waals surface area contributed by atoms with Gasteiger partial charge < -0.3 is 20.3 Å². The van der Waals surface area contributed by atoms with E-state index in [2.05, 4.69) is 56.5 Å². The minimum Gasteiger partial charge on any atom is -0.372 e. The number of hydrogen-bond acceptors (Lipinski definition) is 5. The van der Waals surface area contributed by atoms with Crippen LogP contribution in [0.5, 0.6) is 0 Å². The number of rotatable bonds is 6. The Morgan fingerprint density at radius 1 is 1.14 bits per heavy atom. The summed E-state index contributed by atoms with van der Waals surface area (Å²) in [4.78, 5) is 15.5. The molecule has 0 spiro atoms. The molecule has 0 saturated carbocycles. The summed E-state index contributed by atoms with van der Waals surface area (Å²) in [5, 5.41) is 6.65. The van der Waals surface area contributed by atoms with Gasteiger partial charge in [0, 0.05) is 57.7 Å². The molecule has 7 nitrogen and oxygen atoms in total. The van der Waals surface area contributed by atoms with E-state index >= 15 is 0 Å². The Bertz CT molecular complexity index is 739. The molecule has 2 aromatic rings. The normalized spacial score (nSPS) is 20.1. The van der Waals surface area contributed by atoms with Crippen molar-refractivity contribution < 1.29 is 4.74 Å². The van der Waals surface area contributed by atoms with Gasteiger partial charge >= 0.3 is 0 Å². The molecule has 0 radical (unpaired) electrons. The van der Waals surface area contributed by atoms with Crippen molar-refractivity contribution in [2.45, 2.75) is 39.0 Å². The molecule has 0 aromatic carbocycles. The highest BCUT2D eigenvalue weighted by atomic mass is 16.5. The molecule has 1 saturated heterocycles. The lowest BCUT2D eigenvalue weighted by atomic mass is 10.2. The zero-order valence-corrected chi connectivity index (χ0v) is 16.9. The fourth-order valence-electron chi connectivity index (χ4n) is 3.33. The molecule has 2 atom stereocenters. The number of guanidine groups is 1. The van der Waals surface area contributed by atoms with Crippen LogP contribution in [0.15, 0.2) is 47.7 Å². The summed E-state index contributed by atoms with van der Waals surface area (Å²) in [6, 6.07) is 10.2. The number of hydrogen-bond donors (Lipinski definition) is 2. The molecule has 1 fully saturated rings. The summed E-state index contributed by atoms with van der Waals surface area (Å²) in [6.45, 7) is 7.41. The number of ether oxygens (including phenoxy) is 1. The highest BCUT2D eigenvalue weighted by molar-refractivity contribution is 5.79. The summed E-state index contributed by atoms with van der Waals surface area (Å²) in [5.74, 6) is 1.78. The first-order valence-electron chi connectivity index (χ1n) is 9.84. The third-order valence-corrected chi connectivity index (χ3v) is 4.64. The minimum absolute atomic E-state index is 0.229. The second kappa shape index (κ2) is 10.0. The van der Waals surface area contributed by atoms with Crippen molar-refractivity contribution in [2.75, 3.05) is 31.6 Å². The van der Waals surface area contributed by atoms with Crippen LogP contribution in [0, 0.1) is 0 Å². The Kier molecular flexibility index (Phi) is 7.19. The van der Waals surface area contributed by atoms with E-state index in [1.165, 1.54) is 0 Å². The van der Waals surface area contributed by atoms with E-state index in [1.807, 2.05) is 30.6 Å². The van der Waals surface area contributed by atoms with Crippen LogP contribution in [0.1, 0.15) is 25.1 Å². The van der Waals surface area contributed by atoms with Gasteiger partial charge in [-0.05, 0) is 37.6 Å². The van der Waals surface area contributed by atoms with Crippen LogP contribution in [0.3, 0.4) is 0 Å². The van der Waals surface area contributed by atoms with Crippen molar-refractivity contribution in [3.05, 3.63) is 54.0 Å². The van der Waals surface area contributed by atoms with E-state index in [0.29, 0.717) is 6.54 Å². The van der Waals surface area contributed by atoms with Crippen LogP contribution in [0.25, 0.3) is 0 Å². The molecule has 28 heavy (non-hydrogen) atoms. The molecular formula is C21H30N6O. The van der Waals surface area contributed by atoms with Crippen molar-refractivity contribution in [3.63, 3.8) is 0 Å². The van der Waals surface area contributed by atoms with Crippen LogP contribution in [0.2, 0.25) is 0 Å². The van der Waals surface area contributed by atoms with E-state index in [9.17, 15) is 0 Å². The quantitative estimate of drug-likeness (QED) is 0.588. The Morgan fingerprint density at radius 2 is 1.96 bits per heavy atom. The molecule has 1 aliphatic rings. The van der Waals surface area contributed by atoms with Gasteiger partial charge in [0.1, 0.15) is 5.82 Å². The molecule has 3 rings (SSSR count). The minimum atomic E-state index is 0.229. The van der Waals surface area contributed by atoms with Gasteiger partial charge in [-0.25, -0.2) is 4.98 Å². The Labute approximate surface area is 167 Å². The smallest absolute Gasteiger partial charge is 0.191 e. The summed E-state index contributed by atoms with van der Waals surface area (Å²) < 4.78 is 5.80. The third-order valence-electron chi connectivity index (χ3n) is 4.64. The molecule has 7 heteroatoms. The summed E-state index contributed by atoms with van der Waals surface area (Å²) in [5.41, 5.74) is 2.18. The van der Waals surface area contributed by atoms with Crippen LogP contribution < -0.4 is 15.5 Å². The predicted octanol–water partition coefficient (Wildman–Crippen LogP) is 2.00. The molecule has 0 bridgehead atoms. The molecule has 0 aliphatic carbocycles. The van der Waals surface area contributed by atoms with Crippen molar-refractivity contribution in [2.24, 2.45) is 4.99 Å². The van der Waals surface area contributed by atoms with Crippen LogP contribution >= 0.6 is 0 Å². The lowest BCUT2D eigenvalue weighted by Gasteiger charge is -2.36. The Hall–Kier alpha value is -2.67. The van der Waals surface area contributed by atoms with Gasteiger partial charge in [-0.1, -0.05) is 12.1 Å². The number of morpholine rings is 1. The topological polar surface area (TPSA) is 74.7 Å². The highest BCUT2D eigenvalue weighted by Gasteiger charge is 2.22. The number of nitrogens with zero attached hydrogens (tertiary/aromatic N) is 4. The van der Waals surface area contributed by atoms with E-state index in [4.69, 9.17) is 4.74 Å². The van der Waals surface area contributed by atoms with E-state index < -0.39 is 0 Å². The number of pyridine rings is 2. The number of nitrogens with one attached hydrogen (secondary N) is 2. The summed E-state index contributed by atoms with van der Waals surface area (Å²) >= 11 is 0. The maximum Gasteiger partial charge on any atom is 0.191 e. The van der Waals surface area contributed by atoms with Gasteiger partial charge in [0.25, 0.3) is 0 Å². The predicted molar refractivity (Wildman–Crippen MR) is 113 cm³/mol. The number of aromatic nitrogens is 2. The molecule has 150 valence electrons. The van der Waals surface area contributed by atoms with Crippen molar-refractivity contribution in [3.8, 4) is 0 Å². The van der Waals surface area contributed by atoms with Crippen molar-refractivity contribution in [1.82, 2.24) is 20.6 Å². The van der Waals surface area contributed by atoms with E-state index in [-0.39, 0.29) is 12.2 Å². The van der Waals surface area contributed by atoms with Crippen LogP contribution in [0.4, 0.5) is 5.82 Å². The maximum absolute atomic E-state index is 5.80.